The van der Waals surface area contributed by atoms with E-state index in [9.17, 15) is 0 Å². The molecule has 1 aromatic rings. The first-order chi connectivity index (χ1) is 7.74. The van der Waals surface area contributed by atoms with Gasteiger partial charge in [-0.15, -0.1) is 0 Å². The molecule has 0 N–H and O–H groups in total. The van der Waals surface area contributed by atoms with E-state index in [1.165, 1.54) is 0 Å². The summed E-state index contributed by atoms with van der Waals surface area (Å²) in [5, 5.41) is 0. The molecule has 2 rings (SSSR count). The molecule has 0 spiro atoms. The van der Waals surface area contributed by atoms with Crippen molar-refractivity contribution in [2.45, 2.75) is 6.92 Å². The van der Waals surface area contributed by atoms with Gasteiger partial charge in [-0.1, -0.05) is 37.4 Å². The topological polar surface area (TPSA) is 18.5 Å². The number of hydrogen-bond acceptors (Lipinski definition) is 2. The molecule has 0 fully saturated rings. The van der Waals surface area contributed by atoms with Crippen molar-refractivity contribution < 1.29 is 9.47 Å². The second kappa shape index (κ2) is 4.27. The predicted octanol–water partition coefficient (Wildman–Crippen LogP) is 3.56. The van der Waals surface area contributed by atoms with Crippen molar-refractivity contribution in [2.24, 2.45) is 0 Å². The van der Waals surface area contributed by atoms with Crippen LogP contribution in [0.4, 0.5) is 0 Å². The SMILES string of the molecule is C=C/C=C(/C)C(=C)c1cccc2c1OCO2. The van der Waals surface area contributed by atoms with Crippen molar-refractivity contribution in [3.8, 4) is 11.5 Å². The van der Waals surface area contributed by atoms with Gasteiger partial charge in [0.15, 0.2) is 11.5 Å². The molecular formula is C14H14O2. The van der Waals surface area contributed by atoms with Crippen LogP contribution >= 0.6 is 0 Å². The molecule has 1 heterocycles. The van der Waals surface area contributed by atoms with Gasteiger partial charge in [-0.3, -0.25) is 0 Å². The number of fused-ring (bicyclic) bond motifs is 1. The van der Waals surface area contributed by atoms with Crippen LogP contribution in [0.15, 0.2) is 49.1 Å². The van der Waals surface area contributed by atoms with E-state index in [4.69, 9.17) is 9.47 Å². The highest BCUT2D eigenvalue weighted by Gasteiger charge is 2.18. The van der Waals surface area contributed by atoms with Gasteiger partial charge in [0.1, 0.15) is 0 Å². The maximum Gasteiger partial charge on any atom is 0.231 e. The number of allylic oxidation sites excluding steroid dienone is 4. The third-order valence-electron chi connectivity index (χ3n) is 2.57. The second-order valence-corrected chi connectivity index (χ2v) is 3.60. The molecule has 0 aliphatic carbocycles. The minimum atomic E-state index is 0.282. The van der Waals surface area contributed by atoms with E-state index in [0.717, 1.165) is 28.2 Å². The molecule has 0 saturated carbocycles. The van der Waals surface area contributed by atoms with Gasteiger partial charge in [0.25, 0.3) is 0 Å². The van der Waals surface area contributed by atoms with Crippen molar-refractivity contribution in [3.05, 3.63) is 54.6 Å². The highest BCUT2D eigenvalue weighted by atomic mass is 16.7. The van der Waals surface area contributed by atoms with E-state index >= 15 is 0 Å². The van der Waals surface area contributed by atoms with Crippen LogP contribution in [-0.2, 0) is 0 Å². The van der Waals surface area contributed by atoms with Crippen LogP contribution in [0.2, 0.25) is 0 Å². The minimum absolute atomic E-state index is 0.282. The van der Waals surface area contributed by atoms with Crippen LogP contribution in [-0.4, -0.2) is 6.79 Å². The number of hydrogen-bond donors (Lipinski definition) is 0. The van der Waals surface area contributed by atoms with Crippen LogP contribution in [0, 0.1) is 0 Å². The van der Waals surface area contributed by atoms with Crippen LogP contribution in [0.1, 0.15) is 12.5 Å². The largest absolute Gasteiger partial charge is 0.454 e. The van der Waals surface area contributed by atoms with Gasteiger partial charge >= 0.3 is 0 Å². The number of para-hydroxylation sites is 1. The van der Waals surface area contributed by atoms with E-state index in [0.29, 0.717) is 0 Å². The third kappa shape index (κ3) is 1.74. The zero-order valence-corrected chi connectivity index (χ0v) is 9.32. The lowest BCUT2D eigenvalue weighted by atomic mass is 9.99. The Morgan fingerprint density at radius 3 is 2.94 bits per heavy atom. The van der Waals surface area contributed by atoms with Gasteiger partial charge in [-0.25, -0.2) is 0 Å². The Morgan fingerprint density at radius 2 is 2.19 bits per heavy atom. The summed E-state index contributed by atoms with van der Waals surface area (Å²) in [7, 11) is 0. The first-order valence-corrected chi connectivity index (χ1v) is 5.11. The van der Waals surface area contributed by atoms with E-state index in [-0.39, 0.29) is 6.79 Å². The molecule has 1 aromatic carbocycles. The summed E-state index contributed by atoms with van der Waals surface area (Å²) >= 11 is 0. The van der Waals surface area contributed by atoms with Crippen molar-refractivity contribution >= 4 is 5.57 Å². The van der Waals surface area contributed by atoms with E-state index in [1.54, 1.807) is 6.08 Å². The molecule has 82 valence electrons. The highest BCUT2D eigenvalue weighted by molar-refractivity contribution is 5.82. The summed E-state index contributed by atoms with van der Waals surface area (Å²) in [6.45, 7) is 10.0. The molecule has 0 atom stereocenters. The maximum absolute atomic E-state index is 5.44. The molecule has 2 nitrogen and oxygen atoms in total. The fraction of sp³-hybridized carbons (Fsp3) is 0.143. The fourth-order valence-electron chi connectivity index (χ4n) is 1.66. The lowest BCUT2D eigenvalue weighted by Gasteiger charge is -2.09. The summed E-state index contributed by atoms with van der Waals surface area (Å²) in [6.07, 6.45) is 3.68. The smallest absolute Gasteiger partial charge is 0.231 e. The summed E-state index contributed by atoms with van der Waals surface area (Å²) in [6, 6.07) is 5.82. The normalized spacial score (nSPS) is 13.7. The van der Waals surface area contributed by atoms with Gasteiger partial charge < -0.3 is 9.47 Å². The van der Waals surface area contributed by atoms with Crippen molar-refractivity contribution in [2.75, 3.05) is 6.79 Å². The van der Waals surface area contributed by atoms with Crippen LogP contribution in [0.5, 0.6) is 11.5 Å². The average Bonchev–Trinajstić information content (AvgIpc) is 2.76. The highest BCUT2D eigenvalue weighted by Crippen LogP contribution is 2.40. The molecule has 16 heavy (non-hydrogen) atoms. The van der Waals surface area contributed by atoms with Gasteiger partial charge in [-0.05, 0) is 24.1 Å². The molecule has 1 aliphatic heterocycles. The molecule has 0 bridgehead atoms. The van der Waals surface area contributed by atoms with Crippen molar-refractivity contribution in [1.82, 2.24) is 0 Å². The molecule has 2 heteroatoms. The van der Waals surface area contributed by atoms with Crippen molar-refractivity contribution in [3.63, 3.8) is 0 Å². The van der Waals surface area contributed by atoms with Gasteiger partial charge in [0, 0.05) is 5.56 Å². The van der Waals surface area contributed by atoms with Crippen LogP contribution < -0.4 is 9.47 Å². The first-order valence-electron chi connectivity index (χ1n) is 5.11. The zero-order chi connectivity index (χ0) is 11.5. The fourth-order valence-corrected chi connectivity index (χ4v) is 1.66. The number of benzene rings is 1. The molecule has 0 amide bonds. The lowest BCUT2D eigenvalue weighted by Crippen LogP contribution is -1.94. The average molecular weight is 214 g/mol. The Labute approximate surface area is 95.5 Å². The Bertz CT molecular complexity index is 470. The van der Waals surface area contributed by atoms with Crippen molar-refractivity contribution in [1.29, 1.82) is 0 Å². The summed E-state index contributed by atoms with van der Waals surface area (Å²) in [5.74, 6) is 1.56. The molecule has 1 aliphatic rings. The van der Waals surface area contributed by atoms with Gasteiger partial charge in [-0.2, -0.15) is 0 Å². The first kappa shape index (κ1) is 10.6. The molecule has 0 aromatic heterocycles. The molecule has 0 saturated heterocycles. The lowest BCUT2D eigenvalue weighted by molar-refractivity contribution is 0.173. The Morgan fingerprint density at radius 1 is 1.38 bits per heavy atom. The summed E-state index contributed by atoms with van der Waals surface area (Å²) in [5.41, 5.74) is 2.98. The van der Waals surface area contributed by atoms with Gasteiger partial charge in [0.2, 0.25) is 6.79 Å². The maximum atomic E-state index is 5.44. The standard InChI is InChI=1S/C14H14O2/c1-4-6-10(2)11(3)12-7-5-8-13-14(12)16-9-15-13/h4-8H,1,3,9H2,2H3/b10-6-. The summed E-state index contributed by atoms with van der Waals surface area (Å²) in [4.78, 5) is 0. The van der Waals surface area contributed by atoms with Crippen LogP contribution in [0.25, 0.3) is 5.57 Å². The summed E-state index contributed by atoms with van der Waals surface area (Å²) < 4.78 is 10.8. The quantitative estimate of drug-likeness (QED) is 0.716. The molecule has 0 radical (unpaired) electrons. The Hall–Kier alpha value is -1.96. The van der Waals surface area contributed by atoms with Crippen LogP contribution in [0.3, 0.4) is 0 Å². The molecular weight excluding hydrogens is 200 g/mol. The second-order valence-electron chi connectivity index (χ2n) is 3.60. The van der Waals surface area contributed by atoms with E-state index in [2.05, 4.69) is 13.2 Å². The monoisotopic (exact) mass is 214 g/mol. The Kier molecular flexibility index (Phi) is 2.82. The minimum Gasteiger partial charge on any atom is -0.454 e. The number of rotatable bonds is 3. The third-order valence-corrected chi connectivity index (χ3v) is 2.57. The van der Waals surface area contributed by atoms with E-state index in [1.807, 2.05) is 31.2 Å². The van der Waals surface area contributed by atoms with Gasteiger partial charge in [0.05, 0.1) is 0 Å². The Balaban J connectivity index is 2.42. The molecule has 0 unspecified atom stereocenters. The zero-order valence-electron chi connectivity index (χ0n) is 9.32. The number of ether oxygens (including phenoxy) is 2. The van der Waals surface area contributed by atoms with E-state index < -0.39 is 0 Å². The predicted molar refractivity (Wildman–Crippen MR) is 65.6 cm³/mol.